The summed E-state index contributed by atoms with van der Waals surface area (Å²) in [7, 11) is 2.97. The second kappa shape index (κ2) is 7.41. The van der Waals surface area contributed by atoms with Crippen molar-refractivity contribution >= 4 is 11.5 Å². The maximum Gasteiger partial charge on any atom is 0.198 e. The molecule has 5 nitrogen and oxygen atoms in total. The van der Waals surface area contributed by atoms with Crippen molar-refractivity contribution in [3.05, 3.63) is 71.4 Å². The van der Waals surface area contributed by atoms with Crippen molar-refractivity contribution in [2.75, 3.05) is 20.0 Å². The first-order chi connectivity index (χ1) is 13.0. The highest BCUT2D eigenvalue weighted by molar-refractivity contribution is 6.13. The molecular formula is C20H16F2N2O3. The fraction of sp³-hybridized carbons (Fsp3) is 0.100. The molecule has 0 saturated carbocycles. The highest BCUT2D eigenvalue weighted by Gasteiger charge is 2.22. The molecule has 138 valence electrons. The Balaban J connectivity index is 2.14. The third kappa shape index (κ3) is 3.31. The number of ketones is 1. The third-order valence-corrected chi connectivity index (χ3v) is 4.07. The van der Waals surface area contributed by atoms with Crippen LogP contribution in [0.25, 0.3) is 11.3 Å². The van der Waals surface area contributed by atoms with E-state index in [1.165, 1.54) is 26.5 Å². The Morgan fingerprint density at radius 1 is 1.04 bits per heavy atom. The molecule has 2 N–H and O–H groups in total. The maximum atomic E-state index is 14.0. The van der Waals surface area contributed by atoms with Crippen LogP contribution in [0.1, 0.15) is 15.9 Å². The number of halogens is 2. The fourth-order valence-electron chi connectivity index (χ4n) is 2.78. The van der Waals surface area contributed by atoms with Gasteiger partial charge in [-0.3, -0.25) is 9.78 Å². The number of hydrogen-bond acceptors (Lipinski definition) is 5. The van der Waals surface area contributed by atoms with Crippen molar-refractivity contribution < 1.29 is 23.0 Å². The van der Waals surface area contributed by atoms with Crippen LogP contribution in [0.3, 0.4) is 0 Å². The number of benzene rings is 2. The van der Waals surface area contributed by atoms with Crippen molar-refractivity contribution in [2.24, 2.45) is 0 Å². The van der Waals surface area contributed by atoms with Gasteiger partial charge in [0.2, 0.25) is 0 Å². The number of nitrogens with zero attached hydrogens (tertiary/aromatic N) is 1. The van der Waals surface area contributed by atoms with Crippen LogP contribution >= 0.6 is 0 Å². The zero-order chi connectivity index (χ0) is 19.6. The van der Waals surface area contributed by atoms with E-state index in [1.807, 2.05) is 0 Å². The second-order valence-electron chi connectivity index (χ2n) is 5.62. The zero-order valence-corrected chi connectivity index (χ0v) is 14.6. The first-order valence-corrected chi connectivity index (χ1v) is 7.93. The van der Waals surface area contributed by atoms with Crippen LogP contribution in [-0.2, 0) is 0 Å². The van der Waals surface area contributed by atoms with E-state index in [0.29, 0.717) is 28.8 Å². The van der Waals surface area contributed by atoms with Crippen molar-refractivity contribution in [2.45, 2.75) is 0 Å². The number of hydrogen-bond donors (Lipinski definition) is 1. The van der Waals surface area contributed by atoms with Crippen LogP contribution < -0.4 is 15.2 Å². The van der Waals surface area contributed by atoms with Crippen LogP contribution in [0.2, 0.25) is 0 Å². The Kier molecular flexibility index (Phi) is 5.03. The largest absolute Gasteiger partial charge is 0.493 e. The highest BCUT2D eigenvalue weighted by Crippen LogP contribution is 2.40. The molecule has 0 aliphatic carbocycles. The fourth-order valence-corrected chi connectivity index (χ4v) is 2.78. The molecule has 1 heterocycles. The SMILES string of the molecule is COc1cccc(-c2nccc(C(=O)c3ccc(F)cc3F)c2N)c1OC. The van der Waals surface area contributed by atoms with Crippen LogP contribution in [0.4, 0.5) is 14.5 Å². The summed E-state index contributed by atoms with van der Waals surface area (Å²) in [5.41, 5.74) is 6.81. The number of pyridine rings is 1. The van der Waals surface area contributed by atoms with Crippen molar-refractivity contribution in [3.63, 3.8) is 0 Å². The minimum atomic E-state index is -0.961. The van der Waals surface area contributed by atoms with E-state index in [2.05, 4.69) is 4.98 Å². The van der Waals surface area contributed by atoms with Crippen molar-refractivity contribution in [1.82, 2.24) is 4.98 Å². The number of nitrogen functional groups attached to an aromatic ring is 1. The number of para-hydroxylation sites is 1. The predicted octanol–water partition coefficient (Wildman–Crippen LogP) is 3.86. The summed E-state index contributed by atoms with van der Waals surface area (Å²) >= 11 is 0. The highest BCUT2D eigenvalue weighted by atomic mass is 19.1. The third-order valence-electron chi connectivity index (χ3n) is 4.07. The number of aromatic nitrogens is 1. The molecule has 0 bridgehead atoms. The number of rotatable bonds is 5. The van der Waals surface area contributed by atoms with Gasteiger partial charge in [0.1, 0.15) is 11.6 Å². The van der Waals surface area contributed by atoms with E-state index in [0.717, 1.165) is 12.1 Å². The molecule has 1 aromatic heterocycles. The summed E-state index contributed by atoms with van der Waals surface area (Å²) < 4.78 is 37.8. The summed E-state index contributed by atoms with van der Waals surface area (Å²) in [6.45, 7) is 0. The van der Waals surface area contributed by atoms with Crippen molar-refractivity contribution in [1.29, 1.82) is 0 Å². The first kappa shape index (κ1) is 18.3. The standard InChI is InChI=1S/C20H16F2N2O3/c1-26-16-5-3-4-14(20(16)27-2)18-17(23)13(8-9-24-18)19(25)12-7-6-11(21)10-15(12)22/h3-10H,23H2,1-2H3. The lowest BCUT2D eigenvalue weighted by molar-refractivity contribution is 0.103. The second-order valence-corrected chi connectivity index (χ2v) is 5.62. The number of carbonyl (C=O) groups is 1. The smallest absolute Gasteiger partial charge is 0.198 e. The number of methoxy groups -OCH3 is 2. The van der Waals surface area contributed by atoms with Gasteiger partial charge in [-0.1, -0.05) is 6.07 Å². The van der Waals surface area contributed by atoms with Gasteiger partial charge in [0.05, 0.1) is 31.2 Å². The summed E-state index contributed by atoms with van der Waals surface area (Å²) in [6, 6.07) is 9.28. The monoisotopic (exact) mass is 370 g/mol. The van der Waals surface area contributed by atoms with E-state index < -0.39 is 17.4 Å². The zero-order valence-electron chi connectivity index (χ0n) is 14.6. The number of ether oxygens (including phenoxy) is 2. The minimum Gasteiger partial charge on any atom is -0.493 e. The molecule has 0 aliphatic heterocycles. The molecule has 0 atom stereocenters. The summed E-state index contributed by atoms with van der Waals surface area (Å²) in [4.78, 5) is 17.0. The normalized spacial score (nSPS) is 10.5. The molecule has 0 fully saturated rings. The quantitative estimate of drug-likeness (QED) is 0.691. The number of anilines is 1. The molecule has 0 saturated heterocycles. The van der Waals surface area contributed by atoms with E-state index >= 15 is 0 Å². The van der Waals surface area contributed by atoms with Crippen LogP contribution in [0.5, 0.6) is 11.5 Å². The Bertz CT molecular complexity index is 1020. The molecule has 0 radical (unpaired) electrons. The van der Waals surface area contributed by atoms with Gasteiger partial charge < -0.3 is 15.2 Å². The average Bonchev–Trinajstić information content (AvgIpc) is 2.67. The van der Waals surface area contributed by atoms with Gasteiger partial charge in [-0.25, -0.2) is 8.78 Å². The van der Waals surface area contributed by atoms with Crippen molar-refractivity contribution in [3.8, 4) is 22.8 Å². The van der Waals surface area contributed by atoms with E-state index in [-0.39, 0.29) is 16.8 Å². The topological polar surface area (TPSA) is 74.4 Å². The molecule has 2 aromatic carbocycles. The first-order valence-electron chi connectivity index (χ1n) is 7.93. The molecular weight excluding hydrogens is 354 g/mol. The van der Waals surface area contributed by atoms with Gasteiger partial charge in [0, 0.05) is 23.4 Å². The molecule has 3 aromatic rings. The van der Waals surface area contributed by atoms with E-state index in [9.17, 15) is 13.6 Å². The van der Waals surface area contributed by atoms with Crippen LogP contribution in [0.15, 0.2) is 48.7 Å². The maximum absolute atomic E-state index is 14.0. The average molecular weight is 370 g/mol. The van der Waals surface area contributed by atoms with Gasteiger partial charge in [0.25, 0.3) is 0 Å². The van der Waals surface area contributed by atoms with Gasteiger partial charge >= 0.3 is 0 Å². The minimum absolute atomic E-state index is 0.0513. The summed E-state index contributed by atoms with van der Waals surface area (Å²) in [5, 5.41) is 0. The van der Waals surface area contributed by atoms with Crippen LogP contribution in [0, 0.1) is 11.6 Å². The Hall–Kier alpha value is -3.48. The molecule has 27 heavy (non-hydrogen) atoms. The molecule has 0 aliphatic rings. The Labute approximate surface area is 154 Å². The molecule has 7 heteroatoms. The lowest BCUT2D eigenvalue weighted by atomic mass is 9.98. The predicted molar refractivity (Wildman–Crippen MR) is 97.0 cm³/mol. The lowest BCUT2D eigenvalue weighted by Crippen LogP contribution is -2.10. The molecule has 0 unspecified atom stereocenters. The lowest BCUT2D eigenvalue weighted by Gasteiger charge is -2.15. The number of nitrogens with two attached hydrogens (primary N) is 1. The van der Waals surface area contributed by atoms with Gasteiger partial charge in [0.15, 0.2) is 17.3 Å². The van der Waals surface area contributed by atoms with E-state index in [1.54, 1.807) is 18.2 Å². The number of carbonyl (C=O) groups excluding carboxylic acids is 1. The Morgan fingerprint density at radius 2 is 1.81 bits per heavy atom. The molecule has 0 spiro atoms. The molecule has 3 rings (SSSR count). The summed E-state index contributed by atoms with van der Waals surface area (Å²) in [6.07, 6.45) is 1.39. The summed E-state index contributed by atoms with van der Waals surface area (Å²) in [5.74, 6) is -1.53. The van der Waals surface area contributed by atoms with Gasteiger partial charge in [-0.05, 0) is 30.3 Å². The van der Waals surface area contributed by atoms with E-state index in [4.69, 9.17) is 15.2 Å². The molecule has 0 amide bonds. The van der Waals surface area contributed by atoms with Gasteiger partial charge in [-0.2, -0.15) is 0 Å². The Morgan fingerprint density at radius 3 is 2.48 bits per heavy atom. The van der Waals surface area contributed by atoms with Crippen LogP contribution in [-0.4, -0.2) is 25.0 Å². The van der Waals surface area contributed by atoms with Gasteiger partial charge in [-0.15, -0.1) is 0 Å².